The standard InChI is InChI=1S/C19H26N4O5/c1-14(24)21-8-9-22(17(12-21)11-20-7-6-18(25)13-20)19(26)10-15-2-4-16(5-3-15)23(27)28/h2-5,17-18,25H,6-13H2,1H3/t17-,18+/m1/s1. The molecule has 28 heavy (non-hydrogen) atoms. The fourth-order valence-electron chi connectivity index (χ4n) is 3.91. The van der Waals surface area contributed by atoms with Gasteiger partial charge in [0.05, 0.1) is 23.5 Å². The van der Waals surface area contributed by atoms with Crippen molar-refractivity contribution in [1.82, 2.24) is 14.7 Å². The molecule has 2 atom stereocenters. The Bertz CT molecular complexity index is 738. The third-order valence-corrected chi connectivity index (χ3v) is 5.47. The summed E-state index contributed by atoms with van der Waals surface area (Å²) >= 11 is 0. The van der Waals surface area contributed by atoms with Crippen LogP contribution in [0.15, 0.2) is 24.3 Å². The van der Waals surface area contributed by atoms with Crippen LogP contribution in [0.3, 0.4) is 0 Å². The average molecular weight is 390 g/mol. The molecule has 2 aliphatic heterocycles. The zero-order chi connectivity index (χ0) is 20.3. The summed E-state index contributed by atoms with van der Waals surface area (Å²) in [6.45, 7) is 4.96. The smallest absolute Gasteiger partial charge is 0.269 e. The summed E-state index contributed by atoms with van der Waals surface area (Å²) in [4.78, 5) is 40.7. The van der Waals surface area contributed by atoms with Crippen LogP contribution >= 0.6 is 0 Å². The number of benzene rings is 1. The lowest BCUT2D eigenvalue weighted by atomic mass is 10.1. The van der Waals surface area contributed by atoms with Gasteiger partial charge in [-0.05, 0) is 12.0 Å². The van der Waals surface area contributed by atoms with Gasteiger partial charge in [0.25, 0.3) is 5.69 Å². The number of nitro benzene ring substituents is 1. The first-order valence-corrected chi connectivity index (χ1v) is 9.52. The predicted octanol–water partition coefficient (Wildman–Crippen LogP) is 0.263. The molecule has 9 heteroatoms. The second-order valence-electron chi connectivity index (χ2n) is 7.51. The number of aliphatic hydroxyl groups is 1. The quantitative estimate of drug-likeness (QED) is 0.571. The number of carbonyl (C=O) groups excluding carboxylic acids is 2. The van der Waals surface area contributed by atoms with Crippen LogP contribution in [0.25, 0.3) is 0 Å². The monoisotopic (exact) mass is 390 g/mol. The van der Waals surface area contributed by atoms with Gasteiger partial charge in [-0.25, -0.2) is 0 Å². The fourth-order valence-corrected chi connectivity index (χ4v) is 3.91. The zero-order valence-electron chi connectivity index (χ0n) is 16.0. The number of hydrogen-bond donors (Lipinski definition) is 1. The van der Waals surface area contributed by atoms with Crippen molar-refractivity contribution in [2.75, 3.05) is 39.3 Å². The number of hydrogen-bond acceptors (Lipinski definition) is 6. The molecule has 0 saturated carbocycles. The lowest BCUT2D eigenvalue weighted by Gasteiger charge is -2.42. The van der Waals surface area contributed by atoms with E-state index < -0.39 is 4.92 Å². The minimum absolute atomic E-state index is 0.00302. The summed E-state index contributed by atoms with van der Waals surface area (Å²) < 4.78 is 0. The Morgan fingerprint density at radius 1 is 1.18 bits per heavy atom. The molecule has 0 unspecified atom stereocenters. The van der Waals surface area contributed by atoms with Gasteiger partial charge in [0, 0.05) is 58.3 Å². The number of non-ortho nitro benzene ring substituents is 1. The third kappa shape index (κ3) is 4.85. The highest BCUT2D eigenvalue weighted by atomic mass is 16.6. The van der Waals surface area contributed by atoms with E-state index in [1.165, 1.54) is 19.1 Å². The molecule has 1 aromatic carbocycles. The van der Waals surface area contributed by atoms with Crippen molar-refractivity contribution in [2.45, 2.75) is 31.9 Å². The van der Waals surface area contributed by atoms with Crippen LogP contribution in [-0.4, -0.2) is 88.0 Å². The fraction of sp³-hybridized carbons (Fsp3) is 0.579. The summed E-state index contributed by atoms with van der Waals surface area (Å²) in [5, 5.41) is 20.5. The second kappa shape index (κ2) is 8.66. The first-order chi connectivity index (χ1) is 13.3. The third-order valence-electron chi connectivity index (χ3n) is 5.47. The van der Waals surface area contributed by atoms with E-state index in [1.807, 2.05) is 4.90 Å². The number of rotatable bonds is 5. The highest BCUT2D eigenvalue weighted by Gasteiger charge is 2.34. The largest absolute Gasteiger partial charge is 0.392 e. The molecule has 2 aliphatic rings. The van der Waals surface area contributed by atoms with Gasteiger partial charge < -0.3 is 14.9 Å². The van der Waals surface area contributed by atoms with E-state index in [4.69, 9.17) is 0 Å². The van der Waals surface area contributed by atoms with Crippen LogP contribution in [0.2, 0.25) is 0 Å². The number of β-amino-alcohol motifs (C(OH)–C–C–N with tert-alkyl or cyclic N) is 1. The van der Waals surface area contributed by atoms with Crippen molar-refractivity contribution in [2.24, 2.45) is 0 Å². The van der Waals surface area contributed by atoms with Gasteiger partial charge in [0.2, 0.25) is 11.8 Å². The number of amides is 2. The molecule has 152 valence electrons. The number of piperazine rings is 1. The first kappa shape index (κ1) is 20.2. The Morgan fingerprint density at radius 3 is 2.46 bits per heavy atom. The van der Waals surface area contributed by atoms with E-state index in [1.54, 1.807) is 17.0 Å². The molecule has 0 radical (unpaired) electrons. The van der Waals surface area contributed by atoms with Gasteiger partial charge >= 0.3 is 0 Å². The number of likely N-dealkylation sites (tertiary alicyclic amines) is 1. The normalized spacial score (nSPS) is 23.1. The number of aliphatic hydroxyl groups excluding tert-OH is 1. The molecule has 0 aromatic heterocycles. The Morgan fingerprint density at radius 2 is 1.89 bits per heavy atom. The van der Waals surface area contributed by atoms with E-state index in [0.717, 1.165) is 18.5 Å². The molecular weight excluding hydrogens is 364 g/mol. The summed E-state index contributed by atoms with van der Waals surface area (Å²) in [7, 11) is 0. The van der Waals surface area contributed by atoms with Gasteiger partial charge in [-0.2, -0.15) is 0 Å². The molecule has 0 spiro atoms. The number of nitro groups is 1. The van der Waals surface area contributed by atoms with Crippen LogP contribution in [0.1, 0.15) is 18.9 Å². The lowest BCUT2D eigenvalue weighted by Crippen LogP contribution is -2.59. The summed E-state index contributed by atoms with van der Waals surface area (Å²) in [6.07, 6.45) is 0.550. The van der Waals surface area contributed by atoms with Gasteiger partial charge in [0.15, 0.2) is 0 Å². The maximum atomic E-state index is 12.9. The average Bonchev–Trinajstić information content (AvgIpc) is 3.06. The van der Waals surface area contributed by atoms with E-state index in [2.05, 4.69) is 4.90 Å². The Kier molecular flexibility index (Phi) is 6.25. The van der Waals surface area contributed by atoms with Crippen molar-refractivity contribution in [1.29, 1.82) is 0 Å². The maximum absolute atomic E-state index is 12.9. The van der Waals surface area contributed by atoms with Gasteiger partial charge in [-0.1, -0.05) is 12.1 Å². The predicted molar refractivity (Wildman–Crippen MR) is 102 cm³/mol. The van der Waals surface area contributed by atoms with E-state index in [0.29, 0.717) is 32.7 Å². The van der Waals surface area contributed by atoms with E-state index >= 15 is 0 Å². The van der Waals surface area contributed by atoms with Gasteiger partial charge in [0.1, 0.15) is 0 Å². The van der Waals surface area contributed by atoms with Crippen molar-refractivity contribution in [3.8, 4) is 0 Å². The van der Waals surface area contributed by atoms with Crippen LogP contribution in [-0.2, 0) is 16.0 Å². The molecule has 3 rings (SSSR count). The van der Waals surface area contributed by atoms with Crippen LogP contribution in [0.5, 0.6) is 0 Å². The molecule has 2 heterocycles. The van der Waals surface area contributed by atoms with Gasteiger partial charge in [-0.15, -0.1) is 0 Å². The Labute approximate surface area is 163 Å². The maximum Gasteiger partial charge on any atom is 0.269 e. The lowest BCUT2D eigenvalue weighted by molar-refractivity contribution is -0.384. The molecule has 0 bridgehead atoms. The van der Waals surface area contributed by atoms with E-state index in [-0.39, 0.29) is 36.1 Å². The van der Waals surface area contributed by atoms with Gasteiger partial charge in [-0.3, -0.25) is 24.6 Å². The van der Waals surface area contributed by atoms with Crippen molar-refractivity contribution < 1.29 is 19.6 Å². The topological polar surface area (TPSA) is 107 Å². The second-order valence-corrected chi connectivity index (χ2v) is 7.51. The SMILES string of the molecule is CC(=O)N1CCN(C(=O)Cc2ccc([N+](=O)[O-])cc2)[C@H](CN2CC[C@H](O)C2)C1. The van der Waals surface area contributed by atoms with Crippen LogP contribution < -0.4 is 0 Å². The molecule has 1 N–H and O–H groups in total. The van der Waals surface area contributed by atoms with Crippen LogP contribution in [0, 0.1) is 10.1 Å². The summed E-state index contributed by atoms with van der Waals surface area (Å²) in [5.41, 5.74) is 0.719. The molecule has 9 nitrogen and oxygen atoms in total. The van der Waals surface area contributed by atoms with Crippen molar-refractivity contribution in [3.05, 3.63) is 39.9 Å². The molecule has 2 saturated heterocycles. The highest BCUT2D eigenvalue weighted by Crippen LogP contribution is 2.18. The molecule has 0 aliphatic carbocycles. The molecular formula is C19H26N4O5. The minimum Gasteiger partial charge on any atom is -0.392 e. The van der Waals surface area contributed by atoms with E-state index in [9.17, 15) is 24.8 Å². The molecule has 2 fully saturated rings. The summed E-state index contributed by atoms with van der Waals surface area (Å²) in [6, 6.07) is 5.88. The Balaban J connectivity index is 1.68. The zero-order valence-corrected chi connectivity index (χ0v) is 16.0. The van der Waals surface area contributed by atoms with Crippen molar-refractivity contribution >= 4 is 17.5 Å². The highest BCUT2D eigenvalue weighted by molar-refractivity contribution is 5.80. The molecule has 2 amide bonds. The number of carbonyl (C=O) groups is 2. The number of nitrogens with zero attached hydrogens (tertiary/aromatic N) is 4. The molecule has 1 aromatic rings. The minimum atomic E-state index is -0.465. The summed E-state index contributed by atoms with van der Waals surface area (Å²) in [5.74, 6) is -0.0595. The van der Waals surface area contributed by atoms with Crippen LogP contribution in [0.4, 0.5) is 5.69 Å². The Hall–Kier alpha value is -2.52. The van der Waals surface area contributed by atoms with Crippen molar-refractivity contribution in [3.63, 3.8) is 0 Å². The first-order valence-electron chi connectivity index (χ1n) is 9.52.